The molecule has 10 heteroatoms. The molecule has 0 spiro atoms. The molecule has 0 radical (unpaired) electrons. The van der Waals surface area contributed by atoms with Crippen molar-refractivity contribution in [3.05, 3.63) is 61.7 Å². The minimum atomic E-state index is -0.571. The number of ether oxygens (including phenoxy) is 2. The van der Waals surface area contributed by atoms with Crippen LogP contribution in [0.5, 0.6) is 17.2 Å². The largest absolute Gasteiger partial charge is 0.507 e. The van der Waals surface area contributed by atoms with Gasteiger partial charge in [0.25, 0.3) is 11.2 Å². The van der Waals surface area contributed by atoms with E-state index in [2.05, 4.69) is 10.1 Å². The first-order valence-corrected chi connectivity index (χ1v) is 8.44. The van der Waals surface area contributed by atoms with Gasteiger partial charge in [-0.05, 0) is 25.5 Å². The topological polar surface area (TPSA) is 129 Å². The number of aryl methyl sites for hydroxylation is 2. The summed E-state index contributed by atoms with van der Waals surface area (Å²) in [6, 6.07) is 5.52. The molecule has 0 fully saturated rings. The number of nitro benzene ring substituents is 1. The number of hydrogen-bond acceptors (Lipinski definition) is 8. The highest BCUT2D eigenvalue weighted by Gasteiger charge is 2.15. The maximum Gasteiger partial charge on any atom is 0.282 e. The first-order valence-electron chi connectivity index (χ1n) is 8.44. The van der Waals surface area contributed by atoms with Gasteiger partial charge in [0.15, 0.2) is 11.5 Å². The van der Waals surface area contributed by atoms with Crippen molar-refractivity contribution in [3.8, 4) is 17.2 Å². The molecule has 0 unspecified atom stereocenters. The van der Waals surface area contributed by atoms with Crippen LogP contribution in [0.2, 0.25) is 0 Å². The molecule has 3 rings (SSSR count). The van der Waals surface area contributed by atoms with E-state index in [4.69, 9.17) is 9.47 Å². The van der Waals surface area contributed by atoms with Crippen LogP contribution < -0.4 is 15.0 Å². The Bertz CT molecular complexity index is 1220. The summed E-state index contributed by atoms with van der Waals surface area (Å²) >= 11 is 0. The number of benzene rings is 2. The van der Waals surface area contributed by atoms with Crippen LogP contribution in [0.3, 0.4) is 0 Å². The number of phenolic OH excluding ortho intramolecular Hbond substituents is 1. The van der Waals surface area contributed by atoms with Crippen LogP contribution in [0, 0.1) is 24.0 Å². The van der Waals surface area contributed by atoms with E-state index in [0.717, 1.165) is 4.68 Å². The van der Waals surface area contributed by atoms with E-state index in [0.29, 0.717) is 22.6 Å². The molecule has 0 aliphatic heterocycles. The quantitative estimate of drug-likeness (QED) is 0.397. The van der Waals surface area contributed by atoms with Gasteiger partial charge >= 0.3 is 0 Å². The zero-order valence-electron chi connectivity index (χ0n) is 16.2. The van der Waals surface area contributed by atoms with Gasteiger partial charge in [0.05, 0.1) is 36.3 Å². The van der Waals surface area contributed by atoms with E-state index >= 15 is 0 Å². The number of nitro groups is 1. The number of phenols is 1. The number of hydrogen-bond donors (Lipinski definition) is 1. The van der Waals surface area contributed by atoms with Crippen molar-refractivity contribution in [1.82, 2.24) is 9.66 Å². The van der Waals surface area contributed by atoms with Crippen molar-refractivity contribution in [1.29, 1.82) is 0 Å². The lowest BCUT2D eigenvalue weighted by atomic mass is 10.1. The Labute approximate surface area is 164 Å². The van der Waals surface area contributed by atoms with Gasteiger partial charge in [-0.25, -0.2) is 4.98 Å². The van der Waals surface area contributed by atoms with Crippen molar-refractivity contribution in [2.75, 3.05) is 14.2 Å². The predicted octanol–water partition coefficient (Wildman–Crippen LogP) is 2.53. The number of aromatic nitrogens is 2. The van der Waals surface area contributed by atoms with Gasteiger partial charge in [-0.15, -0.1) is 0 Å². The Morgan fingerprint density at radius 1 is 1.17 bits per heavy atom. The van der Waals surface area contributed by atoms with E-state index in [1.54, 1.807) is 13.0 Å². The predicted molar refractivity (Wildman–Crippen MR) is 106 cm³/mol. The van der Waals surface area contributed by atoms with Crippen molar-refractivity contribution in [2.45, 2.75) is 13.8 Å². The van der Waals surface area contributed by atoms with Gasteiger partial charge in [0.1, 0.15) is 11.6 Å². The van der Waals surface area contributed by atoms with E-state index < -0.39 is 10.5 Å². The standard InChI is InChI=1S/C19H18N4O6/c1-10-5-13(23(26)27)6-12(18(10)24)9-20-22-11(2)21-15-8-17(29-4)16(28-3)7-14(15)19(22)25/h5-9,24H,1-4H3. The molecule has 1 N–H and O–H groups in total. The van der Waals surface area contributed by atoms with Gasteiger partial charge in [0, 0.05) is 23.8 Å². The van der Waals surface area contributed by atoms with Crippen LogP contribution in [0.1, 0.15) is 17.0 Å². The zero-order valence-corrected chi connectivity index (χ0v) is 16.2. The molecular formula is C19H18N4O6. The van der Waals surface area contributed by atoms with E-state index in [-0.39, 0.29) is 28.2 Å². The maximum absolute atomic E-state index is 12.9. The summed E-state index contributed by atoms with van der Waals surface area (Å²) in [4.78, 5) is 27.7. The van der Waals surface area contributed by atoms with Gasteiger partial charge < -0.3 is 14.6 Å². The minimum absolute atomic E-state index is 0.107. The number of fused-ring (bicyclic) bond motifs is 1. The number of nitrogens with zero attached hydrogens (tertiary/aromatic N) is 4. The summed E-state index contributed by atoms with van der Waals surface area (Å²) < 4.78 is 11.5. The Kier molecular flexibility index (Phi) is 5.18. The third-order valence-corrected chi connectivity index (χ3v) is 4.35. The normalized spacial score (nSPS) is 11.2. The Morgan fingerprint density at radius 3 is 2.45 bits per heavy atom. The first kappa shape index (κ1) is 19.8. The van der Waals surface area contributed by atoms with Crippen molar-refractivity contribution >= 4 is 22.8 Å². The molecule has 0 bridgehead atoms. The van der Waals surface area contributed by atoms with Crippen molar-refractivity contribution in [2.24, 2.45) is 5.10 Å². The Morgan fingerprint density at radius 2 is 1.83 bits per heavy atom. The number of aromatic hydroxyl groups is 1. The molecule has 0 atom stereocenters. The van der Waals surface area contributed by atoms with Crippen LogP contribution in [-0.4, -0.2) is 40.1 Å². The summed E-state index contributed by atoms with van der Waals surface area (Å²) in [6.07, 6.45) is 1.18. The third-order valence-electron chi connectivity index (χ3n) is 4.35. The van der Waals surface area contributed by atoms with Gasteiger partial charge in [-0.3, -0.25) is 14.9 Å². The van der Waals surface area contributed by atoms with Crippen LogP contribution in [0.25, 0.3) is 10.9 Å². The molecule has 29 heavy (non-hydrogen) atoms. The molecular weight excluding hydrogens is 380 g/mol. The van der Waals surface area contributed by atoms with E-state index in [1.807, 2.05) is 0 Å². The second kappa shape index (κ2) is 7.58. The molecule has 0 amide bonds. The van der Waals surface area contributed by atoms with E-state index in [1.165, 1.54) is 45.6 Å². The lowest BCUT2D eigenvalue weighted by molar-refractivity contribution is -0.384. The van der Waals surface area contributed by atoms with Gasteiger partial charge in [0.2, 0.25) is 0 Å². The Balaban J connectivity index is 2.16. The van der Waals surface area contributed by atoms with Gasteiger partial charge in [-0.2, -0.15) is 9.78 Å². The summed E-state index contributed by atoms with van der Waals surface area (Å²) in [7, 11) is 2.94. The molecule has 0 aliphatic carbocycles. The van der Waals surface area contributed by atoms with E-state index in [9.17, 15) is 20.0 Å². The molecule has 0 saturated heterocycles. The molecule has 150 valence electrons. The lowest BCUT2D eigenvalue weighted by Crippen LogP contribution is -2.20. The SMILES string of the molecule is COc1cc2nc(C)n(N=Cc3cc([N+](=O)[O-])cc(C)c3O)c(=O)c2cc1OC. The highest BCUT2D eigenvalue weighted by Crippen LogP contribution is 2.30. The summed E-state index contributed by atoms with van der Waals surface area (Å²) in [6.45, 7) is 3.13. The fourth-order valence-electron chi connectivity index (χ4n) is 2.86. The van der Waals surface area contributed by atoms with Crippen LogP contribution in [0.15, 0.2) is 34.2 Å². The molecule has 0 saturated carbocycles. The summed E-state index contributed by atoms with van der Waals surface area (Å²) in [5.74, 6) is 0.924. The minimum Gasteiger partial charge on any atom is -0.507 e. The van der Waals surface area contributed by atoms with Gasteiger partial charge in [-0.1, -0.05) is 0 Å². The van der Waals surface area contributed by atoms with Crippen LogP contribution in [0.4, 0.5) is 5.69 Å². The first-order chi connectivity index (χ1) is 13.8. The zero-order chi connectivity index (χ0) is 21.3. The number of rotatable bonds is 5. The fraction of sp³-hybridized carbons (Fsp3) is 0.211. The molecule has 2 aromatic carbocycles. The highest BCUT2D eigenvalue weighted by atomic mass is 16.6. The summed E-state index contributed by atoms with van der Waals surface area (Å²) in [5, 5.41) is 25.6. The monoisotopic (exact) mass is 398 g/mol. The Hall–Kier alpha value is -3.95. The second-order valence-electron chi connectivity index (χ2n) is 6.20. The number of methoxy groups -OCH3 is 2. The summed E-state index contributed by atoms with van der Waals surface area (Å²) in [5.41, 5.74) is 0.171. The molecule has 1 aromatic heterocycles. The van der Waals surface area contributed by atoms with Crippen molar-refractivity contribution < 1.29 is 19.5 Å². The highest BCUT2D eigenvalue weighted by molar-refractivity contribution is 5.86. The molecule has 3 aromatic rings. The average Bonchev–Trinajstić information content (AvgIpc) is 2.69. The molecule has 1 heterocycles. The smallest absolute Gasteiger partial charge is 0.282 e. The van der Waals surface area contributed by atoms with Crippen molar-refractivity contribution in [3.63, 3.8) is 0 Å². The fourth-order valence-corrected chi connectivity index (χ4v) is 2.86. The second-order valence-corrected chi connectivity index (χ2v) is 6.20. The molecule has 0 aliphatic rings. The third kappa shape index (κ3) is 3.59. The lowest BCUT2D eigenvalue weighted by Gasteiger charge is -2.10. The van der Waals surface area contributed by atoms with Crippen LogP contribution in [-0.2, 0) is 0 Å². The number of non-ortho nitro benzene ring substituents is 1. The average molecular weight is 398 g/mol. The molecule has 10 nitrogen and oxygen atoms in total. The maximum atomic E-state index is 12.9. The van der Waals surface area contributed by atoms with Crippen LogP contribution >= 0.6 is 0 Å².